The Kier molecular flexibility index (Phi) is 4.22. The standard InChI is InChI=1S/C13H15N3O3/c17-13(15-14-11-6-2-1-3-7-11)10-5-4-8-12(9-10)16(18)19/h4-5,8-9H,1-3,6-7H2,(H,15,17). The number of hydrazone groups is 1. The summed E-state index contributed by atoms with van der Waals surface area (Å²) in [6.45, 7) is 0. The van der Waals surface area contributed by atoms with Crippen LogP contribution in [0.4, 0.5) is 5.69 Å². The van der Waals surface area contributed by atoms with E-state index < -0.39 is 10.8 Å². The van der Waals surface area contributed by atoms with Crippen LogP contribution in [0, 0.1) is 10.1 Å². The quantitative estimate of drug-likeness (QED) is 0.670. The van der Waals surface area contributed by atoms with Crippen molar-refractivity contribution in [2.45, 2.75) is 32.1 Å². The molecule has 0 aromatic heterocycles. The van der Waals surface area contributed by atoms with Gasteiger partial charge in [0.25, 0.3) is 11.6 Å². The van der Waals surface area contributed by atoms with Gasteiger partial charge >= 0.3 is 0 Å². The van der Waals surface area contributed by atoms with Crippen LogP contribution in [0.25, 0.3) is 0 Å². The lowest BCUT2D eigenvalue weighted by molar-refractivity contribution is -0.384. The van der Waals surface area contributed by atoms with Gasteiger partial charge in [0.15, 0.2) is 0 Å². The van der Waals surface area contributed by atoms with E-state index in [4.69, 9.17) is 0 Å². The normalized spacial score (nSPS) is 14.8. The van der Waals surface area contributed by atoms with E-state index in [9.17, 15) is 14.9 Å². The van der Waals surface area contributed by atoms with Crippen LogP contribution >= 0.6 is 0 Å². The summed E-state index contributed by atoms with van der Waals surface area (Å²) in [6.07, 6.45) is 5.24. The number of hydrogen-bond acceptors (Lipinski definition) is 4. The van der Waals surface area contributed by atoms with E-state index in [1.54, 1.807) is 0 Å². The number of rotatable bonds is 3. The number of nitrogens with one attached hydrogen (secondary N) is 1. The number of nitro groups is 1. The number of non-ortho nitro benzene ring substituents is 1. The molecule has 2 rings (SSSR count). The Labute approximate surface area is 110 Å². The number of benzene rings is 1. The summed E-state index contributed by atoms with van der Waals surface area (Å²) in [5, 5.41) is 14.7. The molecule has 0 bridgehead atoms. The molecule has 0 aliphatic heterocycles. The van der Waals surface area contributed by atoms with Gasteiger partial charge in [-0.15, -0.1) is 0 Å². The molecule has 1 amide bonds. The first-order chi connectivity index (χ1) is 9.16. The van der Waals surface area contributed by atoms with Crippen LogP contribution in [0.1, 0.15) is 42.5 Å². The summed E-state index contributed by atoms with van der Waals surface area (Å²) in [6, 6.07) is 5.62. The predicted molar refractivity (Wildman–Crippen MR) is 71.1 cm³/mol. The van der Waals surface area contributed by atoms with Crippen LogP contribution in [0.15, 0.2) is 29.4 Å². The van der Waals surface area contributed by atoms with E-state index in [-0.39, 0.29) is 11.3 Å². The van der Waals surface area contributed by atoms with Crippen LogP contribution in [0.5, 0.6) is 0 Å². The fraction of sp³-hybridized carbons (Fsp3) is 0.385. The molecule has 0 atom stereocenters. The zero-order valence-electron chi connectivity index (χ0n) is 10.5. The lowest BCUT2D eigenvalue weighted by Gasteiger charge is -2.11. The van der Waals surface area contributed by atoms with Crippen molar-refractivity contribution in [1.29, 1.82) is 0 Å². The maximum Gasteiger partial charge on any atom is 0.271 e. The Morgan fingerprint density at radius 2 is 2.00 bits per heavy atom. The highest BCUT2D eigenvalue weighted by Gasteiger charge is 2.12. The van der Waals surface area contributed by atoms with Crippen LogP contribution in [0.3, 0.4) is 0 Å². The molecule has 1 saturated carbocycles. The monoisotopic (exact) mass is 261 g/mol. The summed E-state index contributed by atoms with van der Waals surface area (Å²) < 4.78 is 0. The minimum absolute atomic E-state index is 0.0991. The van der Waals surface area contributed by atoms with Gasteiger partial charge in [0.05, 0.1) is 4.92 Å². The maximum atomic E-state index is 11.8. The van der Waals surface area contributed by atoms with Crippen molar-refractivity contribution < 1.29 is 9.72 Å². The second-order valence-electron chi connectivity index (χ2n) is 4.49. The second kappa shape index (κ2) is 6.08. The molecule has 0 saturated heterocycles. The van der Waals surface area contributed by atoms with Gasteiger partial charge in [-0.2, -0.15) is 5.10 Å². The second-order valence-corrected chi connectivity index (χ2v) is 4.49. The highest BCUT2D eigenvalue weighted by Crippen LogP contribution is 2.15. The summed E-state index contributed by atoms with van der Waals surface area (Å²) in [5.74, 6) is -0.415. The Morgan fingerprint density at radius 3 is 2.68 bits per heavy atom. The minimum atomic E-state index is -0.524. The Balaban J connectivity index is 2.03. The number of amides is 1. The summed E-state index contributed by atoms with van der Waals surface area (Å²) >= 11 is 0. The lowest BCUT2D eigenvalue weighted by atomic mass is 9.99. The van der Waals surface area contributed by atoms with Crippen molar-refractivity contribution in [3.8, 4) is 0 Å². The highest BCUT2D eigenvalue weighted by atomic mass is 16.6. The van der Waals surface area contributed by atoms with Gasteiger partial charge in [-0.1, -0.05) is 12.5 Å². The molecule has 100 valence electrons. The number of carbonyl (C=O) groups excluding carboxylic acids is 1. The molecule has 6 nitrogen and oxygen atoms in total. The molecule has 1 fully saturated rings. The first-order valence-electron chi connectivity index (χ1n) is 6.27. The van der Waals surface area contributed by atoms with Crippen LogP contribution in [-0.2, 0) is 0 Å². The molecule has 0 radical (unpaired) electrons. The molecule has 1 aliphatic rings. The van der Waals surface area contributed by atoms with Gasteiger partial charge in [-0.05, 0) is 31.7 Å². The van der Waals surface area contributed by atoms with E-state index >= 15 is 0 Å². The van der Waals surface area contributed by atoms with Gasteiger partial charge in [0.1, 0.15) is 0 Å². The molecular weight excluding hydrogens is 246 g/mol. The summed E-state index contributed by atoms with van der Waals surface area (Å²) in [4.78, 5) is 21.9. The van der Waals surface area contributed by atoms with Crippen LogP contribution < -0.4 is 5.43 Å². The molecule has 1 aromatic rings. The molecule has 6 heteroatoms. The first kappa shape index (κ1) is 13.2. The van der Waals surface area contributed by atoms with Crippen molar-refractivity contribution in [2.75, 3.05) is 0 Å². The molecule has 1 aliphatic carbocycles. The third-order valence-corrected chi connectivity index (χ3v) is 3.07. The molecule has 0 unspecified atom stereocenters. The maximum absolute atomic E-state index is 11.8. The first-order valence-corrected chi connectivity index (χ1v) is 6.27. The van der Waals surface area contributed by atoms with Gasteiger partial charge < -0.3 is 0 Å². The topological polar surface area (TPSA) is 84.6 Å². The van der Waals surface area contributed by atoms with E-state index in [0.717, 1.165) is 31.4 Å². The van der Waals surface area contributed by atoms with Crippen LogP contribution in [0.2, 0.25) is 0 Å². The fourth-order valence-electron chi connectivity index (χ4n) is 2.03. The zero-order valence-corrected chi connectivity index (χ0v) is 10.5. The van der Waals surface area contributed by atoms with Crippen molar-refractivity contribution in [3.05, 3.63) is 39.9 Å². The Hall–Kier alpha value is -2.24. The third-order valence-electron chi connectivity index (χ3n) is 3.07. The van der Waals surface area contributed by atoms with Crippen molar-refractivity contribution in [2.24, 2.45) is 5.10 Å². The van der Waals surface area contributed by atoms with Crippen molar-refractivity contribution in [3.63, 3.8) is 0 Å². The number of nitrogens with zero attached hydrogens (tertiary/aromatic N) is 2. The van der Waals surface area contributed by atoms with E-state index in [0.29, 0.717) is 0 Å². The molecule has 0 spiro atoms. The van der Waals surface area contributed by atoms with Crippen molar-refractivity contribution >= 4 is 17.3 Å². The third kappa shape index (κ3) is 3.61. The SMILES string of the molecule is O=C(NN=C1CCCCC1)c1cccc([N+](=O)[O-])c1. The summed E-state index contributed by atoms with van der Waals surface area (Å²) in [7, 11) is 0. The average Bonchev–Trinajstić information content (AvgIpc) is 2.46. The van der Waals surface area contributed by atoms with Crippen molar-refractivity contribution in [1.82, 2.24) is 5.43 Å². The minimum Gasteiger partial charge on any atom is -0.267 e. The van der Waals surface area contributed by atoms with Crippen LogP contribution in [-0.4, -0.2) is 16.5 Å². The van der Waals surface area contributed by atoms with Gasteiger partial charge in [-0.25, -0.2) is 5.43 Å². The molecule has 0 heterocycles. The molecule has 19 heavy (non-hydrogen) atoms. The lowest BCUT2D eigenvalue weighted by Crippen LogP contribution is -2.20. The number of carbonyl (C=O) groups is 1. The summed E-state index contributed by atoms with van der Waals surface area (Å²) in [5.41, 5.74) is 3.60. The van der Waals surface area contributed by atoms with Gasteiger partial charge in [0.2, 0.25) is 0 Å². The molecular formula is C13H15N3O3. The number of nitro benzene ring substituents is 1. The highest BCUT2D eigenvalue weighted by molar-refractivity contribution is 5.96. The Morgan fingerprint density at radius 1 is 1.26 bits per heavy atom. The number of hydrogen-bond donors (Lipinski definition) is 1. The largest absolute Gasteiger partial charge is 0.271 e. The van der Waals surface area contributed by atoms with Gasteiger partial charge in [0, 0.05) is 23.4 Å². The van der Waals surface area contributed by atoms with E-state index in [1.807, 2.05) is 0 Å². The average molecular weight is 261 g/mol. The van der Waals surface area contributed by atoms with Gasteiger partial charge in [-0.3, -0.25) is 14.9 Å². The predicted octanol–water partition coefficient (Wildman–Crippen LogP) is 2.64. The fourth-order valence-corrected chi connectivity index (χ4v) is 2.03. The van der Waals surface area contributed by atoms with E-state index in [1.165, 1.54) is 30.7 Å². The smallest absolute Gasteiger partial charge is 0.267 e. The van der Waals surface area contributed by atoms with E-state index in [2.05, 4.69) is 10.5 Å². The molecule has 1 aromatic carbocycles. The Bertz CT molecular complexity index is 518. The molecule has 1 N–H and O–H groups in total. The zero-order chi connectivity index (χ0) is 13.7.